The third-order valence-electron chi connectivity index (χ3n) is 1.95. The molecule has 2 amide bonds. The van der Waals surface area contributed by atoms with Crippen molar-refractivity contribution in [1.29, 1.82) is 0 Å². The third kappa shape index (κ3) is 4.81. The van der Waals surface area contributed by atoms with Gasteiger partial charge in [0.1, 0.15) is 0 Å². The zero-order chi connectivity index (χ0) is 11.1. The van der Waals surface area contributed by atoms with Crippen LogP contribution in [0, 0.1) is 5.92 Å². The lowest BCUT2D eigenvalue weighted by molar-refractivity contribution is -0.123. The first-order chi connectivity index (χ1) is 6.49. The average Bonchev–Trinajstić information content (AvgIpc) is 2.15. The van der Waals surface area contributed by atoms with E-state index in [9.17, 15) is 9.59 Å². The summed E-state index contributed by atoms with van der Waals surface area (Å²) < 4.78 is 0. The molecule has 0 aliphatic heterocycles. The Balaban J connectivity index is 3.69. The van der Waals surface area contributed by atoms with Crippen LogP contribution in [-0.4, -0.2) is 31.4 Å². The average molecular weight is 201 g/mol. The van der Waals surface area contributed by atoms with Crippen LogP contribution >= 0.6 is 0 Å². The molecule has 0 fully saturated rings. The Hall–Kier alpha value is -1.10. The molecule has 0 radical (unpaired) electrons. The van der Waals surface area contributed by atoms with Gasteiger partial charge in [-0.05, 0) is 5.92 Å². The zero-order valence-electron chi connectivity index (χ0n) is 8.96. The highest BCUT2D eigenvalue weighted by Gasteiger charge is 2.16. The minimum atomic E-state index is -0.500. The van der Waals surface area contributed by atoms with Crippen molar-refractivity contribution in [2.24, 2.45) is 11.7 Å². The molecule has 0 aromatic heterocycles. The lowest BCUT2D eigenvalue weighted by Crippen LogP contribution is -2.44. The summed E-state index contributed by atoms with van der Waals surface area (Å²) in [6.07, 6.45) is 0.285. The van der Waals surface area contributed by atoms with Crippen molar-refractivity contribution >= 4 is 11.8 Å². The van der Waals surface area contributed by atoms with Crippen LogP contribution in [0.3, 0.4) is 0 Å². The molecule has 0 heterocycles. The fourth-order valence-electron chi connectivity index (χ4n) is 0.845. The van der Waals surface area contributed by atoms with E-state index in [-0.39, 0.29) is 24.2 Å². The second-order valence-corrected chi connectivity index (χ2v) is 3.48. The van der Waals surface area contributed by atoms with Crippen LogP contribution in [0.5, 0.6) is 0 Å². The molecule has 0 rings (SSSR count). The quantitative estimate of drug-likeness (QED) is 0.545. The summed E-state index contributed by atoms with van der Waals surface area (Å²) in [4.78, 5) is 22.1. The third-order valence-corrected chi connectivity index (χ3v) is 1.95. The van der Waals surface area contributed by atoms with Crippen LogP contribution in [0.1, 0.15) is 20.3 Å². The SMILES string of the molecule is CNC(=O)CCNC(=O)[C@H](N)C(C)C. The molecule has 0 saturated carbocycles. The number of rotatable bonds is 5. The van der Waals surface area contributed by atoms with E-state index in [1.165, 1.54) is 0 Å². The van der Waals surface area contributed by atoms with Crippen molar-refractivity contribution in [3.05, 3.63) is 0 Å². The van der Waals surface area contributed by atoms with Crippen LogP contribution in [-0.2, 0) is 9.59 Å². The van der Waals surface area contributed by atoms with Crippen LogP contribution < -0.4 is 16.4 Å². The summed E-state index contributed by atoms with van der Waals surface area (Å²) in [6, 6.07) is -0.500. The Kier molecular flexibility index (Phi) is 5.87. The van der Waals surface area contributed by atoms with Gasteiger partial charge in [0, 0.05) is 20.0 Å². The Morgan fingerprint density at radius 1 is 1.36 bits per heavy atom. The predicted octanol–water partition coefficient (Wildman–Crippen LogP) is -0.778. The molecule has 5 nitrogen and oxygen atoms in total. The van der Waals surface area contributed by atoms with Crippen LogP contribution in [0.4, 0.5) is 0 Å². The largest absolute Gasteiger partial charge is 0.359 e. The van der Waals surface area contributed by atoms with Gasteiger partial charge in [-0.15, -0.1) is 0 Å². The molecule has 0 spiro atoms. The molecule has 0 aliphatic rings. The van der Waals surface area contributed by atoms with Gasteiger partial charge in [0.25, 0.3) is 0 Å². The molecular weight excluding hydrogens is 182 g/mol. The van der Waals surface area contributed by atoms with Gasteiger partial charge >= 0.3 is 0 Å². The van der Waals surface area contributed by atoms with Crippen molar-refractivity contribution in [3.63, 3.8) is 0 Å². The second kappa shape index (κ2) is 6.37. The fourth-order valence-corrected chi connectivity index (χ4v) is 0.845. The van der Waals surface area contributed by atoms with Gasteiger partial charge in [0.05, 0.1) is 6.04 Å². The summed E-state index contributed by atoms with van der Waals surface area (Å²) in [5.41, 5.74) is 5.60. The molecule has 5 heteroatoms. The van der Waals surface area contributed by atoms with Gasteiger partial charge in [-0.3, -0.25) is 9.59 Å². The number of amides is 2. The normalized spacial score (nSPS) is 12.4. The van der Waals surface area contributed by atoms with E-state index < -0.39 is 6.04 Å². The van der Waals surface area contributed by atoms with Gasteiger partial charge < -0.3 is 16.4 Å². The van der Waals surface area contributed by atoms with E-state index >= 15 is 0 Å². The number of hydrogen-bond donors (Lipinski definition) is 3. The Bertz CT molecular complexity index is 204. The molecule has 82 valence electrons. The lowest BCUT2D eigenvalue weighted by atomic mass is 10.1. The first-order valence-corrected chi connectivity index (χ1v) is 4.73. The van der Waals surface area contributed by atoms with E-state index in [0.717, 1.165) is 0 Å². The Morgan fingerprint density at radius 3 is 2.36 bits per heavy atom. The number of nitrogens with two attached hydrogens (primary N) is 1. The minimum Gasteiger partial charge on any atom is -0.359 e. The van der Waals surface area contributed by atoms with Crippen LogP contribution in [0.2, 0.25) is 0 Å². The molecule has 0 aromatic rings. The van der Waals surface area contributed by atoms with Gasteiger partial charge in [0.15, 0.2) is 0 Å². The van der Waals surface area contributed by atoms with E-state index in [4.69, 9.17) is 5.73 Å². The molecule has 0 unspecified atom stereocenters. The minimum absolute atomic E-state index is 0.0941. The van der Waals surface area contributed by atoms with E-state index in [0.29, 0.717) is 6.54 Å². The molecule has 4 N–H and O–H groups in total. The van der Waals surface area contributed by atoms with Gasteiger partial charge in [0.2, 0.25) is 11.8 Å². The summed E-state index contributed by atoms with van der Waals surface area (Å²) in [6.45, 7) is 4.09. The molecule has 1 atom stereocenters. The monoisotopic (exact) mass is 201 g/mol. The molecule has 14 heavy (non-hydrogen) atoms. The van der Waals surface area contributed by atoms with Crippen molar-refractivity contribution in [2.45, 2.75) is 26.3 Å². The number of nitrogens with one attached hydrogen (secondary N) is 2. The number of carbonyl (C=O) groups is 2. The van der Waals surface area contributed by atoms with Crippen molar-refractivity contribution in [1.82, 2.24) is 10.6 Å². The van der Waals surface area contributed by atoms with Crippen molar-refractivity contribution in [2.75, 3.05) is 13.6 Å². The topological polar surface area (TPSA) is 84.2 Å². The maximum Gasteiger partial charge on any atom is 0.237 e. The predicted molar refractivity (Wildman–Crippen MR) is 54.5 cm³/mol. The standard InChI is InChI=1S/C9H19N3O2/c1-6(2)8(10)9(14)12-5-4-7(13)11-3/h6,8H,4-5,10H2,1-3H3,(H,11,13)(H,12,14)/t8-/m1/s1. The zero-order valence-corrected chi connectivity index (χ0v) is 8.96. The molecule has 0 aromatic carbocycles. The first kappa shape index (κ1) is 12.9. The number of hydrogen-bond acceptors (Lipinski definition) is 3. The van der Waals surface area contributed by atoms with Gasteiger partial charge in [-0.1, -0.05) is 13.8 Å². The summed E-state index contributed by atoms with van der Waals surface area (Å²) >= 11 is 0. The van der Waals surface area contributed by atoms with E-state index in [1.807, 2.05) is 13.8 Å². The summed E-state index contributed by atoms with van der Waals surface area (Å²) in [5.74, 6) is -0.192. The summed E-state index contributed by atoms with van der Waals surface area (Å²) in [5, 5.41) is 5.07. The highest BCUT2D eigenvalue weighted by Crippen LogP contribution is 1.97. The van der Waals surface area contributed by atoms with Crippen LogP contribution in [0.25, 0.3) is 0 Å². The fraction of sp³-hybridized carbons (Fsp3) is 0.778. The second-order valence-electron chi connectivity index (χ2n) is 3.48. The maximum absolute atomic E-state index is 11.3. The van der Waals surface area contributed by atoms with Crippen molar-refractivity contribution in [3.8, 4) is 0 Å². The summed E-state index contributed by atoms with van der Waals surface area (Å²) in [7, 11) is 1.56. The van der Waals surface area contributed by atoms with Crippen LogP contribution in [0.15, 0.2) is 0 Å². The van der Waals surface area contributed by atoms with E-state index in [2.05, 4.69) is 10.6 Å². The molecule has 0 aliphatic carbocycles. The highest BCUT2D eigenvalue weighted by molar-refractivity contribution is 5.82. The smallest absolute Gasteiger partial charge is 0.237 e. The Labute approximate surface area is 84.4 Å². The highest BCUT2D eigenvalue weighted by atomic mass is 16.2. The molecular formula is C9H19N3O2. The van der Waals surface area contributed by atoms with E-state index in [1.54, 1.807) is 7.05 Å². The molecule has 0 bridgehead atoms. The molecule has 0 saturated heterocycles. The van der Waals surface area contributed by atoms with Gasteiger partial charge in [-0.25, -0.2) is 0 Å². The first-order valence-electron chi connectivity index (χ1n) is 4.73. The lowest BCUT2D eigenvalue weighted by Gasteiger charge is -2.14. The maximum atomic E-state index is 11.3. The number of carbonyl (C=O) groups excluding carboxylic acids is 2. The Morgan fingerprint density at radius 2 is 1.93 bits per heavy atom. The van der Waals surface area contributed by atoms with Gasteiger partial charge in [-0.2, -0.15) is 0 Å². The van der Waals surface area contributed by atoms with Crippen molar-refractivity contribution < 1.29 is 9.59 Å².